The fourth-order valence-electron chi connectivity index (χ4n) is 0.670. The molecule has 0 aliphatic heterocycles. The van der Waals surface area contributed by atoms with Crippen LogP contribution in [0.3, 0.4) is 0 Å². The van der Waals surface area contributed by atoms with Crippen LogP contribution in [0.2, 0.25) is 0 Å². The highest BCUT2D eigenvalue weighted by Gasteiger charge is 2.05. The fraction of sp³-hybridized carbons (Fsp3) is 0.600. The molecule has 1 aromatic heterocycles. The van der Waals surface area contributed by atoms with Gasteiger partial charge in [-0.25, -0.2) is 0 Å². The van der Waals surface area contributed by atoms with Gasteiger partial charge < -0.3 is 10.3 Å². The second kappa shape index (κ2) is 3.99. The number of hydrogen-bond donors (Lipinski definition) is 1. The lowest BCUT2D eigenvalue weighted by Crippen LogP contribution is -2.04. The third-order valence-corrected chi connectivity index (χ3v) is 2.88. The van der Waals surface area contributed by atoms with Gasteiger partial charge in [-0.1, -0.05) is 10.8 Å². The molecule has 6 heteroatoms. The summed E-state index contributed by atoms with van der Waals surface area (Å²) in [4.78, 5) is 0. The smallest absolute Gasteiger partial charge is 0.201 e. The fourth-order valence-corrected chi connectivity index (χ4v) is 1.99. The quantitative estimate of drug-likeness (QED) is 0.709. The zero-order valence-corrected chi connectivity index (χ0v) is 8.08. The molecule has 1 aromatic rings. The Morgan fingerprint density at radius 1 is 1.55 bits per heavy atom. The number of rotatable bonds is 3. The predicted octanol–water partition coefficient (Wildman–Crippen LogP) is 0.644. The maximum atomic E-state index is 5.42. The molecule has 0 aromatic carbocycles. The molecular weight excluding hydrogens is 180 g/mol. The van der Waals surface area contributed by atoms with Crippen LogP contribution in [0.25, 0.3) is 0 Å². The summed E-state index contributed by atoms with van der Waals surface area (Å²) < 4.78 is 1.90. The molecule has 0 spiro atoms. The summed E-state index contributed by atoms with van der Waals surface area (Å²) in [5.41, 5.74) is 5.42. The van der Waals surface area contributed by atoms with Crippen LogP contribution in [-0.4, -0.2) is 21.0 Å². The van der Waals surface area contributed by atoms with Crippen molar-refractivity contribution in [3.8, 4) is 0 Å². The van der Waals surface area contributed by atoms with Gasteiger partial charge in [-0.05, 0) is 17.0 Å². The summed E-state index contributed by atoms with van der Waals surface area (Å²) in [6.07, 6.45) is 2.00. The molecule has 0 bridgehead atoms. The van der Waals surface area contributed by atoms with Crippen molar-refractivity contribution in [1.29, 1.82) is 0 Å². The molecule has 0 atom stereocenters. The maximum Gasteiger partial charge on any atom is 0.201 e. The third-order valence-electron chi connectivity index (χ3n) is 1.27. The van der Waals surface area contributed by atoms with Crippen molar-refractivity contribution in [2.45, 2.75) is 11.7 Å². The first kappa shape index (κ1) is 8.89. The van der Waals surface area contributed by atoms with Crippen molar-refractivity contribution in [3.05, 3.63) is 5.82 Å². The Hall–Kier alpha value is -0.200. The molecule has 0 saturated carbocycles. The predicted molar refractivity (Wildman–Crippen MR) is 48.3 cm³/mol. The topological polar surface area (TPSA) is 56.7 Å². The molecule has 1 rings (SSSR count). The van der Waals surface area contributed by atoms with Gasteiger partial charge in [0.1, 0.15) is 5.82 Å². The lowest BCUT2D eigenvalue weighted by molar-refractivity contribution is 0.736. The Labute approximate surface area is 73.3 Å². The summed E-state index contributed by atoms with van der Waals surface area (Å²) in [5.74, 6) is 0.821. The van der Waals surface area contributed by atoms with Gasteiger partial charge >= 0.3 is 0 Å². The molecule has 0 aliphatic rings. The van der Waals surface area contributed by atoms with E-state index in [1.54, 1.807) is 21.6 Å². The van der Waals surface area contributed by atoms with Crippen molar-refractivity contribution in [2.75, 3.05) is 6.26 Å². The van der Waals surface area contributed by atoms with Crippen LogP contribution in [0.15, 0.2) is 5.16 Å². The van der Waals surface area contributed by atoms with E-state index in [9.17, 15) is 0 Å². The van der Waals surface area contributed by atoms with Crippen LogP contribution < -0.4 is 5.73 Å². The Morgan fingerprint density at radius 3 is 2.73 bits per heavy atom. The molecule has 0 aliphatic carbocycles. The van der Waals surface area contributed by atoms with Crippen LogP contribution in [0.4, 0.5) is 0 Å². The first-order valence-electron chi connectivity index (χ1n) is 3.08. The zero-order valence-electron chi connectivity index (χ0n) is 6.44. The van der Waals surface area contributed by atoms with Crippen molar-refractivity contribution in [3.63, 3.8) is 0 Å². The zero-order chi connectivity index (χ0) is 8.27. The van der Waals surface area contributed by atoms with E-state index < -0.39 is 0 Å². The van der Waals surface area contributed by atoms with Crippen LogP contribution in [0.5, 0.6) is 0 Å². The largest absolute Gasteiger partial charge is 0.324 e. The summed E-state index contributed by atoms with van der Waals surface area (Å²) in [5, 5.41) is 8.76. The molecule has 2 N–H and O–H groups in total. The standard InChI is InChI=1S/C5H10N4S2/c1-9-4(3-6)7-8-5(9)11-10-2/h3,6H2,1-2H3. The van der Waals surface area contributed by atoms with Gasteiger partial charge in [0, 0.05) is 7.05 Å². The molecule has 0 radical (unpaired) electrons. The Morgan fingerprint density at radius 2 is 2.27 bits per heavy atom. The SMILES string of the molecule is CSSc1nnc(CN)n1C. The van der Waals surface area contributed by atoms with Gasteiger partial charge in [-0.3, -0.25) is 0 Å². The average Bonchev–Trinajstić information content (AvgIpc) is 2.34. The average molecular weight is 190 g/mol. The molecular formula is C5H10N4S2. The van der Waals surface area contributed by atoms with Gasteiger partial charge in [0.25, 0.3) is 0 Å². The van der Waals surface area contributed by atoms with Gasteiger partial charge in [0.15, 0.2) is 0 Å². The molecule has 0 amide bonds. The van der Waals surface area contributed by atoms with E-state index >= 15 is 0 Å². The van der Waals surface area contributed by atoms with Crippen molar-refractivity contribution in [1.82, 2.24) is 14.8 Å². The number of aromatic nitrogens is 3. The highest BCUT2D eigenvalue weighted by molar-refractivity contribution is 8.76. The van der Waals surface area contributed by atoms with Gasteiger partial charge in [-0.2, -0.15) is 0 Å². The minimum absolute atomic E-state index is 0.443. The number of nitrogens with zero attached hydrogens (tertiary/aromatic N) is 3. The van der Waals surface area contributed by atoms with E-state index in [1.165, 1.54) is 0 Å². The minimum Gasteiger partial charge on any atom is -0.324 e. The normalized spacial score (nSPS) is 10.5. The number of nitrogens with two attached hydrogens (primary N) is 1. The van der Waals surface area contributed by atoms with E-state index in [0.29, 0.717) is 6.54 Å². The van der Waals surface area contributed by atoms with E-state index in [1.807, 2.05) is 17.9 Å². The van der Waals surface area contributed by atoms with Gasteiger partial charge in [0.05, 0.1) is 6.54 Å². The molecule has 0 saturated heterocycles. The summed E-state index contributed by atoms with van der Waals surface area (Å²) in [6.45, 7) is 0.443. The van der Waals surface area contributed by atoms with E-state index in [4.69, 9.17) is 5.73 Å². The first-order chi connectivity index (χ1) is 5.29. The second-order valence-corrected chi connectivity index (χ2v) is 4.28. The van der Waals surface area contributed by atoms with Crippen LogP contribution >= 0.6 is 21.6 Å². The summed E-state index contributed by atoms with van der Waals surface area (Å²) in [7, 11) is 5.15. The molecule has 4 nitrogen and oxygen atoms in total. The Balaban J connectivity index is 2.82. The van der Waals surface area contributed by atoms with Crippen molar-refractivity contribution < 1.29 is 0 Å². The molecule has 0 unspecified atom stereocenters. The minimum atomic E-state index is 0.443. The van der Waals surface area contributed by atoms with Gasteiger partial charge in [0.2, 0.25) is 5.16 Å². The highest BCUT2D eigenvalue weighted by Crippen LogP contribution is 2.25. The van der Waals surface area contributed by atoms with Crippen molar-refractivity contribution >= 4 is 21.6 Å². The second-order valence-electron chi connectivity index (χ2n) is 1.91. The lowest BCUT2D eigenvalue weighted by atomic mass is 10.6. The van der Waals surface area contributed by atoms with E-state index in [0.717, 1.165) is 11.0 Å². The first-order valence-corrected chi connectivity index (χ1v) is 5.64. The van der Waals surface area contributed by atoms with Crippen LogP contribution in [-0.2, 0) is 13.6 Å². The van der Waals surface area contributed by atoms with E-state index in [2.05, 4.69) is 10.2 Å². The summed E-state index contributed by atoms with van der Waals surface area (Å²) in [6, 6.07) is 0. The van der Waals surface area contributed by atoms with Crippen LogP contribution in [0, 0.1) is 0 Å². The van der Waals surface area contributed by atoms with Crippen LogP contribution in [0.1, 0.15) is 5.82 Å². The molecule has 11 heavy (non-hydrogen) atoms. The van der Waals surface area contributed by atoms with Gasteiger partial charge in [-0.15, -0.1) is 10.2 Å². The summed E-state index contributed by atoms with van der Waals surface area (Å²) >= 11 is 0. The van der Waals surface area contributed by atoms with Crippen molar-refractivity contribution in [2.24, 2.45) is 12.8 Å². The third kappa shape index (κ3) is 1.88. The molecule has 1 heterocycles. The molecule has 62 valence electrons. The highest BCUT2D eigenvalue weighted by atomic mass is 33.1. The Bertz CT molecular complexity index is 234. The monoisotopic (exact) mass is 190 g/mol. The maximum absolute atomic E-state index is 5.42. The Kier molecular flexibility index (Phi) is 3.22. The lowest BCUT2D eigenvalue weighted by Gasteiger charge is -1.98. The number of hydrogen-bond acceptors (Lipinski definition) is 5. The van der Waals surface area contributed by atoms with E-state index in [-0.39, 0.29) is 0 Å². The molecule has 0 fully saturated rings.